The number of alkyl halides is 3. The molecule has 0 aliphatic carbocycles. The van der Waals surface area contributed by atoms with Crippen molar-refractivity contribution in [3.8, 4) is 0 Å². The molecule has 0 bridgehead atoms. The van der Waals surface area contributed by atoms with E-state index in [2.05, 4.69) is 15.6 Å². The lowest BCUT2D eigenvalue weighted by Crippen LogP contribution is -2.21. The Bertz CT molecular complexity index is 961. The van der Waals surface area contributed by atoms with Gasteiger partial charge >= 0.3 is 6.18 Å². The number of carbonyl (C=O) groups is 1. The van der Waals surface area contributed by atoms with Crippen molar-refractivity contribution in [2.45, 2.75) is 18.6 Å². The Morgan fingerprint density at radius 2 is 1.93 bits per heavy atom. The molecular weight excluding hydrogens is 383 g/mol. The topological polar surface area (TPSA) is 88.2 Å². The second-order valence-electron chi connectivity index (χ2n) is 6.24. The van der Waals surface area contributed by atoms with Crippen LogP contribution >= 0.6 is 0 Å². The summed E-state index contributed by atoms with van der Waals surface area (Å²) in [4.78, 5) is 16.2. The first-order valence-electron chi connectivity index (χ1n) is 8.03. The molecule has 2 N–H and O–H groups in total. The van der Waals surface area contributed by atoms with E-state index in [1.54, 1.807) is 0 Å². The van der Waals surface area contributed by atoms with E-state index in [-0.39, 0.29) is 28.8 Å². The van der Waals surface area contributed by atoms with E-state index in [9.17, 15) is 26.4 Å². The Morgan fingerprint density at radius 3 is 2.59 bits per heavy atom. The van der Waals surface area contributed by atoms with E-state index in [1.165, 1.54) is 30.6 Å². The summed E-state index contributed by atoms with van der Waals surface area (Å²) in [6.07, 6.45) is -1.32. The van der Waals surface area contributed by atoms with Crippen molar-refractivity contribution >= 4 is 27.1 Å². The van der Waals surface area contributed by atoms with E-state index in [0.717, 1.165) is 12.1 Å². The third kappa shape index (κ3) is 4.97. The van der Waals surface area contributed by atoms with Gasteiger partial charge in [0.25, 0.3) is 5.91 Å². The van der Waals surface area contributed by atoms with Gasteiger partial charge in [0.15, 0.2) is 9.84 Å². The van der Waals surface area contributed by atoms with Crippen LogP contribution in [0, 0.1) is 0 Å². The first-order chi connectivity index (χ1) is 12.6. The highest BCUT2D eigenvalue weighted by Gasteiger charge is 2.30. The second kappa shape index (κ2) is 7.18. The van der Waals surface area contributed by atoms with Crippen LogP contribution in [0.1, 0.15) is 22.3 Å². The molecule has 0 radical (unpaired) electrons. The number of nitrogens with zero attached hydrogens (tertiary/aromatic N) is 1. The largest absolute Gasteiger partial charge is 0.416 e. The normalized spacial score (nSPS) is 18.9. The van der Waals surface area contributed by atoms with Crippen molar-refractivity contribution in [3.05, 3.63) is 53.9 Å². The number of aromatic nitrogens is 1. The van der Waals surface area contributed by atoms with Gasteiger partial charge in [0.05, 0.1) is 28.3 Å². The Kier molecular flexibility index (Phi) is 5.09. The molecule has 0 saturated carbocycles. The minimum atomic E-state index is -4.51. The molecule has 6 nitrogen and oxygen atoms in total. The zero-order valence-corrected chi connectivity index (χ0v) is 14.8. The lowest BCUT2D eigenvalue weighted by atomic mass is 10.1. The van der Waals surface area contributed by atoms with Crippen molar-refractivity contribution < 1.29 is 26.4 Å². The summed E-state index contributed by atoms with van der Waals surface area (Å²) in [5.74, 6) is -0.508. The minimum Gasteiger partial charge on any atom is -0.380 e. The van der Waals surface area contributed by atoms with Gasteiger partial charge in [-0.25, -0.2) is 8.42 Å². The third-order valence-corrected chi connectivity index (χ3v) is 5.82. The van der Waals surface area contributed by atoms with Crippen LogP contribution in [0.4, 0.5) is 24.5 Å². The van der Waals surface area contributed by atoms with Gasteiger partial charge in [-0.05, 0) is 30.7 Å². The number of nitrogens with one attached hydrogen (secondary N) is 2. The summed E-state index contributed by atoms with van der Waals surface area (Å²) >= 11 is 0. The lowest BCUT2D eigenvalue weighted by molar-refractivity contribution is -0.137. The number of benzene rings is 1. The number of sulfone groups is 1. The van der Waals surface area contributed by atoms with Crippen molar-refractivity contribution in [2.24, 2.45) is 0 Å². The monoisotopic (exact) mass is 399 g/mol. The molecule has 1 aromatic heterocycles. The van der Waals surface area contributed by atoms with Crippen molar-refractivity contribution in [1.82, 2.24) is 4.98 Å². The molecular formula is C17H16F3N3O3S. The van der Waals surface area contributed by atoms with Crippen LogP contribution in [-0.4, -0.2) is 36.9 Å². The molecule has 1 aliphatic heterocycles. The average Bonchev–Trinajstić information content (AvgIpc) is 2.93. The summed E-state index contributed by atoms with van der Waals surface area (Å²) in [5.41, 5.74) is -0.251. The highest BCUT2D eigenvalue weighted by Crippen LogP contribution is 2.30. The molecule has 2 heterocycles. The molecule has 3 rings (SSSR count). The Balaban J connectivity index is 1.71. The van der Waals surface area contributed by atoms with Crippen LogP contribution < -0.4 is 10.6 Å². The molecule has 1 unspecified atom stereocenters. The fourth-order valence-electron chi connectivity index (χ4n) is 2.76. The zero-order valence-electron chi connectivity index (χ0n) is 14.0. The Hall–Kier alpha value is -2.62. The summed E-state index contributed by atoms with van der Waals surface area (Å²) < 4.78 is 61.3. The van der Waals surface area contributed by atoms with Crippen molar-refractivity contribution in [2.75, 3.05) is 22.1 Å². The maximum atomic E-state index is 12.8. The van der Waals surface area contributed by atoms with Gasteiger partial charge in [0.2, 0.25) is 0 Å². The Labute approximate surface area is 153 Å². The molecule has 1 aliphatic rings. The summed E-state index contributed by atoms with van der Waals surface area (Å²) in [6, 6.07) is 5.52. The SMILES string of the molecule is O=C(Nc1cccc(C(F)(F)F)c1)c1cncc(NC2CCS(=O)(=O)C2)c1. The molecule has 1 aromatic carbocycles. The molecule has 144 valence electrons. The Morgan fingerprint density at radius 1 is 1.15 bits per heavy atom. The molecule has 1 fully saturated rings. The smallest absolute Gasteiger partial charge is 0.380 e. The fraction of sp³-hybridized carbons (Fsp3) is 0.294. The number of halogens is 3. The summed E-state index contributed by atoms with van der Waals surface area (Å²) in [7, 11) is -3.05. The van der Waals surface area contributed by atoms with Crippen LogP contribution in [0.15, 0.2) is 42.7 Å². The number of pyridine rings is 1. The molecule has 10 heteroatoms. The molecule has 27 heavy (non-hydrogen) atoms. The number of rotatable bonds is 4. The van der Waals surface area contributed by atoms with Gasteiger partial charge in [0.1, 0.15) is 0 Å². The van der Waals surface area contributed by atoms with Gasteiger partial charge in [-0.1, -0.05) is 6.07 Å². The summed E-state index contributed by atoms with van der Waals surface area (Å²) in [5, 5.41) is 5.42. The van der Waals surface area contributed by atoms with Crippen molar-refractivity contribution in [3.63, 3.8) is 0 Å². The summed E-state index contributed by atoms with van der Waals surface area (Å²) in [6.45, 7) is 0. The molecule has 1 amide bonds. The first kappa shape index (κ1) is 19.2. The van der Waals surface area contributed by atoms with Crippen LogP contribution in [0.25, 0.3) is 0 Å². The number of hydrogen-bond donors (Lipinski definition) is 2. The van der Waals surface area contributed by atoms with E-state index in [4.69, 9.17) is 0 Å². The lowest BCUT2D eigenvalue weighted by Gasteiger charge is -2.13. The van der Waals surface area contributed by atoms with E-state index in [1.807, 2.05) is 0 Å². The number of amides is 1. The van der Waals surface area contributed by atoms with Gasteiger partial charge in [-0.2, -0.15) is 13.2 Å². The standard InChI is InChI=1S/C17H16F3N3O3S/c18-17(19,20)12-2-1-3-13(7-12)23-16(24)11-6-15(9-21-8-11)22-14-4-5-27(25,26)10-14/h1-3,6-9,14,22H,4-5,10H2,(H,23,24). The van der Waals surface area contributed by atoms with Crippen LogP contribution in [0.2, 0.25) is 0 Å². The van der Waals surface area contributed by atoms with Gasteiger partial charge < -0.3 is 10.6 Å². The number of hydrogen-bond acceptors (Lipinski definition) is 5. The van der Waals surface area contributed by atoms with Gasteiger partial charge in [-0.15, -0.1) is 0 Å². The van der Waals surface area contributed by atoms with Crippen molar-refractivity contribution in [1.29, 1.82) is 0 Å². The van der Waals surface area contributed by atoms with E-state index >= 15 is 0 Å². The highest BCUT2D eigenvalue weighted by molar-refractivity contribution is 7.91. The molecule has 0 spiro atoms. The van der Waals surface area contributed by atoms with Crippen LogP contribution in [-0.2, 0) is 16.0 Å². The second-order valence-corrected chi connectivity index (χ2v) is 8.47. The van der Waals surface area contributed by atoms with E-state index < -0.39 is 27.5 Å². The maximum absolute atomic E-state index is 12.8. The van der Waals surface area contributed by atoms with Crippen LogP contribution in [0.3, 0.4) is 0 Å². The molecule has 1 atom stereocenters. The zero-order chi connectivity index (χ0) is 19.7. The molecule has 2 aromatic rings. The van der Waals surface area contributed by atoms with E-state index in [0.29, 0.717) is 12.1 Å². The average molecular weight is 399 g/mol. The quantitative estimate of drug-likeness (QED) is 0.825. The van der Waals surface area contributed by atoms with Crippen LogP contribution in [0.5, 0.6) is 0 Å². The predicted molar refractivity (Wildman–Crippen MR) is 94.3 cm³/mol. The van der Waals surface area contributed by atoms with Gasteiger partial charge in [0, 0.05) is 24.1 Å². The number of carbonyl (C=O) groups excluding carboxylic acids is 1. The number of anilines is 2. The first-order valence-corrected chi connectivity index (χ1v) is 9.85. The van der Waals surface area contributed by atoms with Gasteiger partial charge in [-0.3, -0.25) is 9.78 Å². The fourth-order valence-corrected chi connectivity index (χ4v) is 4.44. The molecule has 1 saturated heterocycles. The predicted octanol–water partition coefficient (Wildman–Crippen LogP) is 2.95. The third-order valence-electron chi connectivity index (χ3n) is 4.05. The highest BCUT2D eigenvalue weighted by atomic mass is 32.2. The maximum Gasteiger partial charge on any atom is 0.416 e. The minimum absolute atomic E-state index is 0.00760.